The minimum atomic E-state index is -0.619. The van der Waals surface area contributed by atoms with Gasteiger partial charge in [-0.1, -0.05) is 12.1 Å². The molecule has 29 heavy (non-hydrogen) atoms. The lowest BCUT2D eigenvalue weighted by atomic mass is 9.91. The lowest BCUT2D eigenvalue weighted by molar-refractivity contribution is 0.585. The van der Waals surface area contributed by atoms with E-state index in [2.05, 4.69) is 25.1 Å². The summed E-state index contributed by atoms with van der Waals surface area (Å²) in [7, 11) is 0. The van der Waals surface area contributed by atoms with Crippen LogP contribution in [0.15, 0.2) is 53.7 Å². The van der Waals surface area contributed by atoms with Crippen LogP contribution in [0.1, 0.15) is 5.56 Å². The number of aromatic amines is 2. The first-order valence-corrected chi connectivity index (χ1v) is 8.90. The smallest absolute Gasteiger partial charge is 0.260 e. The number of nitrogens with one attached hydrogen (secondary N) is 2. The van der Waals surface area contributed by atoms with Crippen molar-refractivity contribution in [1.29, 1.82) is 0 Å². The van der Waals surface area contributed by atoms with Crippen LogP contribution < -0.4 is 11.3 Å². The molecule has 0 saturated heterocycles. The zero-order valence-electron chi connectivity index (χ0n) is 15.3. The lowest BCUT2D eigenvalue weighted by Gasteiger charge is -2.15. The number of pyridine rings is 1. The van der Waals surface area contributed by atoms with Crippen LogP contribution in [0.25, 0.3) is 44.2 Å². The minimum Gasteiger partial charge on any atom is -0.398 e. The molecule has 2 aromatic carbocycles. The number of hydrogen-bond donors (Lipinski definition) is 3. The number of rotatable bonds is 2. The number of aromatic nitrogens is 5. The molecule has 0 spiro atoms. The van der Waals surface area contributed by atoms with Crippen molar-refractivity contribution in [2.24, 2.45) is 0 Å². The van der Waals surface area contributed by atoms with E-state index in [0.29, 0.717) is 28.0 Å². The quantitative estimate of drug-likeness (QED) is 0.317. The lowest BCUT2D eigenvalue weighted by Crippen LogP contribution is -2.11. The molecule has 0 aliphatic rings. The van der Waals surface area contributed by atoms with Crippen molar-refractivity contribution >= 4 is 27.5 Å². The Balaban J connectivity index is 1.96. The van der Waals surface area contributed by atoms with E-state index in [1.165, 1.54) is 12.4 Å². The fourth-order valence-corrected chi connectivity index (χ4v) is 3.72. The number of hydrogen-bond acceptors (Lipinski definition) is 5. The summed E-state index contributed by atoms with van der Waals surface area (Å²) in [5.74, 6) is -0.619. The summed E-state index contributed by atoms with van der Waals surface area (Å²) < 4.78 is 13.8. The van der Waals surface area contributed by atoms with Crippen LogP contribution >= 0.6 is 0 Å². The molecule has 142 valence electrons. The third kappa shape index (κ3) is 2.57. The van der Waals surface area contributed by atoms with Gasteiger partial charge in [-0.05, 0) is 42.3 Å². The third-order valence-corrected chi connectivity index (χ3v) is 5.05. The van der Waals surface area contributed by atoms with Crippen LogP contribution in [0.2, 0.25) is 0 Å². The first kappa shape index (κ1) is 17.1. The Morgan fingerprint density at radius 3 is 2.83 bits per heavy atom. The second kappa shape index (κ2) is 6.23. The Labute approximate surface area is 163 Å². The number of nitrogens with zero attached hydrogens (tertiary/aromatic N) is 3. The third-order valence-electron chi connectivity index (χ3n) is 5.05. The Bertz CT molecular complexity index is 1470. The standard InChI is InChI=1S/C21H15FN6O/c1-10-5-6-15-13(8-26-28-15)17(10)12-7-11(14-3-2-4-16(22)27-14)20-18(19(12)23)21(29)25-9-24-20/h2-9H,23H2,1H3,(H,26,28)(H,24,25,29). The number of benzene rings is 2. The number of nitrogen functional groups attached to an aromatic ring is 1. The summed E-state index contributed by atoms with van der Waals surface area (Å²) in [5, 5.41) is 8.18. The molecule has 0 aliphatic carbocycles. The van der Waals surface area contributed by atoms with E-state index in [4.69, 9.17) is 5.73 Å². The highest BCUT2D eigenvalue weighted by molar-refractivity contribution is 6.09. The molecule has 0 radical (unpaired) electrons. The van der Waals surface area contributed by atoms with Crippen LogP contribution in [0.4, 0.5) is 10.1 Å². The molecule has 8 heteroatoms. The van der Waals surface area contributed by atoms with Gasteiger partial charge in [0.05, 0.1) is 40.3 Å². The summed E-state index contributed by atoms with van der Waals surface area (Å²) in [5.41, 5.74) is 10.9. The van der Waals surface area contributed by atoms with Gasteiger partial charge < -0.3 is 10.7 Å². The first-order chi connectivity index (χ1) is 14.0. The fourth-order valence-electron chi connectivity index (χ4n) is 3.72. The number of anilines is 1. The average Bonchev–Trinajstić information content (AvgIpc) is 3.18. The van der Waals surface area contributed by atoms with Gasteiger partial charge in [0, 0.05) is 16.5 Å². The van der Waals surface area contributed by atoms with Gasteiger partial charge in [0.25, 0.3) is 5.56 Å². The maximum Gasteiger partial charge on any atom is 0.260 e. The summed E-state index contributed by atoms with van der Waals surface area (Å²) in [6.45, 7) is 1.96. The van der Waals surface area contributed by atoms with Crippen LogP contribution in [-0.2, 0) is 0 Å². The van der Waals surface area contributed by atoms with Crippen molar-refractivity contribution in [3.8, 4) is 22.4 Å². The predicted molar refractivity (Wildman–Crippen MR) is 110 cm³/mol. The summed E-state index contributed by atoms with van der Waals surface area (Å²) >= 11 is 0. The SMILES string of the molecule is Cc1ccc2[nH]ncc2c1-c1cc(-c2cccc(F)n2)c2nc[nH]c(=O)c2c1N. The van der Waals surface area contributed by atoms with E-state index in [0.717, 1.165) is 22.0 Å². The second-order valence-corrected chi connectivity index (χ2v) is 6.77. The Morgan fingerprint density at radius 2 is 2.00 bits per heavy atom. The maximum atomic E-state index is 13.8. The molecule has 0 aliphatic heterocycles. The zero-order valence-corrected chi connectivity index (χ0v) is 15.3. The zero-order chi connectivity index (χ0) is 20.1. The van der Waals surface area contributed by atoms with Crippen molar-refractivity contribution in [1.82, 2.24) is 25.1 Å². The Hall–Kier alpha value is -4.07. The number of H-pyrrole nitrogens is 2. The molecule has 0 amide bonds. The molecule has 0 fully saturated rings. The molecule has 0 atom stereocenters. The molecule has 5 rings (SSSR count). The predicted octanol–water partition coefficient (Wildman–Crippen LogP) is 3.56. The van der Waals surface area contributed by atoms with E-state index < -0.39 is 5.95 Å². The van der Waals surface area contributed by atoms with Crippen molar-refractivity contribution in [2.45, 2.75) is 6.92 Å². The van der Waals surface area contributed by atoms with Crippen molar-refractivity contribution in [3.63, 3.8) is 0 Å². The van der Waals surface area contributed by atoms with Crippen LogP contribution in [0.5, 0.6) is 0 Å². The van der Waals surface area contributed by atoms with Gasteiger partial charge in [-0.25, -0.2) is 9.97 Å². The second-order valence-electron chi connectivity index (χ2n) is 6.77. The van der Waals surface area contributed by atoms with Gasteiger partial charge in [-0.3, -0.25) is 9.89 Å². The highest BCUT2D eigenvalue weighted by atomic mass is 19.1. The van der Waals surface area contributed by atoms with Gasteiger partial charge in [-0.15, -0.1) is 0 Å². The highest BCUT2D eigenvalue weighted by Crippen LogP contribution is 2.40. The van der Waals surface area contributed by atoms with Crippen molar-refractivity contribution in [3.05, 3.63) is 70.8 Å². The topological polar surface area (TPSA) is 113 Å². The molecule has 3 aromatic heterocycles. The fraction of sp³-hybridized carbons (Fsp3) is 0.0476. The number of aryl methyl sites for hydroxylation is 1. The Morgan fingerprint density at radius 1 is 1.14 bits per heavy atom. The number of nitrogens with two attached hydrogens (primary N) is 1. The summed E-state index contributed by atoms with van der Waals surface area (Å²) in [4.78, 5) is 23.5. The number of fused-ring (bicyclic) bond motifs is 2. The molecule has 4 N–H and O–H groups in total. The van der Waals surface area contributed by atoms with E-state index in [-0.39, 0.29) is 10.9 Å². The molecule has 0 unspecified atom stereocenters. The van der Waals surface area contributed by atoms with Gasteiger partial charge in [0.2, 0.25) is 5.95 Å². The molecule has 0 saturated carbocycles. The van der Waals surface area contributed by atoms with Gasteiger partial charge in [-0.2, -0.15) is 9.49 Å². The normalized spacial score (nSPS) is 11.4. The monoisotopic (exact) mass is 386 g/mol. The first-order valence-electron chi connectivity index (χ1n) is 8.90. The minimum absolute atomic E-state index is 0.242. The maximum absolute atomic E-state index is 13.8. The van der Waals surface area contributed by atoms with E-state index in [1.807, 2.05) is 19.1 Å². The van der Waals surface area contributed by atoms with Gasteiger partial charge in [0.15, 0.2) is 0 Å². The molecule has 5 aromatic rings. The Kier molecular flexibility index (Phi) is 3.67. The number of halogens is 1. The van der Waals surface area contributed by atoms with Crippen molar-refractivity contribution < 1.29 is 4.39 Å². The van der Waals surface area contributed by atoms with E-state index >= 15 is 0 Å². The molecule has 3 heterocycles. The van der Waals surface area contributed by atoms with Crippen molar-refractivity contribution in [2.75, 3.05) is 5.73 Å². The van der Waals surface area contributed by atoms with Crippen LogP contribution in [0.3, 0.4) is 0 Å². The summed E-state index contributed by atoms with van der Waals surface area (Å²) in [6, 6.07) is 10.2. The summed E-state index contributed by atoms with van der Waals surface area (Å²) in [6.07, 6.45) is 3.02. The average molecular weight is 386 g/mol. The van der Waals surface area contributed by atoms with Crippen LogP contribution in [-0.4, -0.2) is 25.1 Å². The van der Waals surface area contributed by atoms with Gasteiger partial charge in [0.1, 0.15) is 0 Å². The highest BCUT2D eigenvalue weighted by Gasteiger charge is 2.20. The largest absolute Gasteiger partial charge is 0.398 e. The molecular weight excluding hydrogens is 371 g/mol. The van der Waals surface area contributed by atoms with E-state index in [1.54, 1.807) is 24.4 Å². The van der Waals surface area contributed by atoms with Gasteiger partial charge >= 0.3 is 0 Å². The molecule has 0 bridgehead atoms. The van der Waals surface area contributed by atoms with E-state index in [9.17, 15) is 9.18 Å². The molecular formula is C21H15FN6O. The molecule has 7 nitrogen and oxygen atoms in total. The van der Waals surface area contributed by atoms with Crippen LogP contribution in [0, 0.1) is 12.9 Å².